The number of fused-ring (bicyclic) bond motifs is 2. The summed E-state index contributed by atoms with van der Waals surface area (Å²) >= 11 is 0. The zero-order valence-corrected chi connectivity index (χ0v) is 12.6. The minimum atomic E-state index is -0.763. The highest BCUT2D eigenvalue weighted by atomic mass is 19.1. The topological polar surface area (TPSA) is 26.3 Å². The molecule has 2 bridgehead atoms. The van der Waals surface area contributed by atoms with E-state index in [0.29, 0.717) is 5.92 Å². The Kier molecular flexibility index (Phi) is 3.12. The molecule has 0 saturated heterocycles. The molecule has 1 aromatic carbocycles. The summed E-state index contributed by atoms with van der Waals surface area (Å²) in [6.45, 7) is 6.60. The maximum Gasteiger partial charge on any atom is 0.338 e. The summed E-state index contributed by atoms with van der Waals surface area (Å²) in [4.78, 5) is 12.2. The maximum absolute atomic E-state index is 13.2. The third-order valence-corrected chi connectivity index (χ3v) is 6.06. The number of rotatable bonds is 2. The second kappa shape index (κ2) is 4.52. The Hall–Kier alpha value is -1.45. The fraction of sp³-hybridized carbons (Fsp3) is 0.588. The first-order valence-electron chi connectivity index (χ1n) is 7.41. The van der Waals surface area contributed by atoms with E-state index in [1.54, 1.807) is 0 Å². The zero-order valence-electron chi connectivity index (χ0n) is 12.6. The molecule has 2 fully saturated rings. The second-order valence-electron chi connectivity index (χ2n) is 7.16. The van der Waals surface area contributed by atoms with Crippen molar-refractivity contribution in [3.8, 4) is 0 Å². The van der Waals surface area contributed by atoms with E-state index in [-0.39, 0.29) is 22.5 Å². The van der Waals surface area contributed by atoms with Crippen LogP contribution in [0.2, 0.25) is 0 Å². The molecule has 21 heavy (non-hydrogen) atoms. The molecule has 0 N–H and O–H groups in total. The van der Waals surface area contributed by atoms with Crippen LogP contribution in [0.4, 0.5) is 8.78 Å². The van der Waals surface area contributed by atoms with E-state index >= 15 is 0 Å². The fourth-order valence-electron chi connectivity index (χ4n) is 4.18. The molecule has 1 aromatic rings. The lowest BCUT2D eigenvalue weighted by Crippen LogP contribution is -2.38. The van der Waals surface area contributed by atoms with Gasteiger partial charge in [-0.15, -0.1) is 0 Å². The lowest BCUT2D eigenvalue weighted by atomic mass is 9.70. The second-order valence-corrected chi connectivity index (χ2v) is 7.16. The highest BCUT2D eigenvalue weighted by Crippen LogP contribution is 2.66. The summed E-state index contributed by atoms with van der Waals surface area (Å²) in [5.41, 5.74) is 0.0151. The van der Waals surface area contributed by atoms with Crippen LogP contribution in [-0.4, -0.2) is 12.1 Å². The fourth-order valence-corrected chi connectivity index (χ4v) is 4.18. The smallest absolute Gasteiger partial charge is 0.338 e. The average Bonchev–Trinajstić information content (AvgIpc) is 2.70. The van der Waals surface area contributed by atoms with Crippen LogP contribution in [-0.2, 0) is 4.74 Å². The highest BCUT2D eigenvalue weighted by Gasteiger charge is 2.62. The molecule has 3 rings (SSSR count). The van der Waals surface area contributed by atoms with Crippen LogP contribution < -0.4 is 0 Å². The van der Waals surface area contributed by atoms with Gasteiger partial charge >= 0.3 is 5.97 Å². The molecule has 2 nitrogen and oxygen atoms in total. The number of halogens is 2. The van der Waals surface area contributed by atoms with Gasteiger partial charge in [-0.3, -0.25) is 0 Å². The molecule has 0 heterocycles. The van der Waals surface area contributed by atoms with Crippen LogP contribution >= 0.6 is 0 Å². The van der Waals surface area contributed by atoms with Crippen molar-refractivity contribution in [3.05, 3.63) is 35.4 Å². The summed E-state index contributed by atoms with van der Waals surface area (Å²) in [7, 11) is 0. The van der Waals surface area contributed by atoms with Crippen molar-refractivity contribution in [2.45, 2.75) is 46.1 Å². The van der Waals surface area contributed by atoms with Crippen molar-refractivity contribution >= 4 is 5.97 Å². The van der Waals surface area contributed by atoms with E-state index in [2.05, 4.69) is 20.8 Å². The molecular weight excluding hydrogens is 274 g/mol. The number of esters is 1. The Morgan fingerprint density at radius 2 is 1.81 bits per heavy atom. The molecule has 0 radical (unpaired) electrons. The predicted molar refractivity (Wildman–Crippen MR) is 74.8 cm³/mol. The van der Waals surface area contributed by atoms with Gasteiger partial charge in [-0.2, -0.15) is 0 Å². The molecule has 0 spiro atoms. The molecule has 2 aliphatic carbocycles. The lowest BCUT2D eigenvalue weighted by molar-refractivity contribution is -0.0243. The Labute approximate surface area is 123 Å². The molecule has 3 unspecified atom stereocenters. The third-order valence-electron chi connectivity index (χ3n) is 6.06. The minimum absolute atomic E-state index is 0.0564. The molecule has 114 valence electrons. The van der Waals surface area contributed by atoms with Crippen LogP contribution in [0.3, 0.4) is 0 Å². The number of benzene rings is 1. The number of carbonyl (C=O) groups is 1. The molecular formula is C17H20F2O2. The van der Waals surface area contributed by atoms with Crippen LogP contribution in [0, 0.1) is 28.4 Å². The first-order valence-corrected chi connectivity index (χ1v) is 7.41. The molecule has 0 aliphatic heterocycles. The normalized spacial score (nSPS) is 33.2. The van der Waals surface area contributed by atoms with E-state index in [1.165, 1.54) is 0 Å². The summed E-state index contributed by atoms with van der Waals surface area (Å²) in [6, 6.07) is 2.79. The van der Waals surface area contributed by atoms with Gasteiger partial charge in [-0.25, -0.2) is 13.6 Å². The Morgan fingerprint density at radius 3 is 2.29 bits per heavy atom. The van der Waals surface area contributed by atoms with Gasteiger partial charge in [0.1, 0.15) is 17.7 Å². The number of hydrogen-bond donors (Lipinski definition) is 0. The molecule has 3 atom stereocenters. The van der Waals surface area contributed by atoms with Crippen molar-refractivity contribution in [2.75, 3.05) is 0 Å². The van der Waals surface area contributed by atoms with Crippen molar-refractivity contribution in [1.29, 1.82) is 0 Å². The summed E-state index contributed by atoms with van der Waals surface area (Å²) in [5.74, 6) is -1.62. The van der Waals surface area contributed by atoms with Crippen molar-refractivity contribution in [2.24, 2.45) is 16.7 Å². The van der Waals surface area contributed by atoms with Gasteiger partial charge in [0.15, 0.2) is 0 Å². The van der Waals surface area contributed by atoms with E-state index in [9.17, 15) is 13.6 Å². The number of carbonyl (C=O) groups excluding carboxylic acids is 1. The quantitative estimate of drug-likeness (QED) is 0.759. The van der Waals surface area contributed by atoms with Gasteiger partial charge in [-0.05, 0) is 42.7 Å². The first-order chi connectivity index (χ1) is 9.74. The van der Waals surface area contributed by atoms with Crippen LogP contribution in [0.15, 0.2) is 18.2 Å². The summed E-state index contributed by atoms with van der Waals surface area (Å²) in [6.07, 6.45) is 2.85. The van der Waals surface area contributed by atoms with Gasteiger partial charge in [-0.1, -0.05) is 20.8 Å². The van der Waals surface area contributed by atoms with Crippen LogP contribution in [0.25, 0.3) is 0 Å². The van der Waals surface area contributed by atoms with Crippen LogP contribution in [0.1, 0.15) is 50.4 Å². The van der Waals surface area contributed by atoms with E-state index < -0.39 is 17.6 Å². The van der Waals surface area contributed by atoms with Gasteiger partial charge < -0.3 is 4.74 Å². The maximum atomic E-state index is 13.2. The third kappa shape index (κ3) is 2.07. The molecule has 2 aliphatic rings. The van der Waals surface area contributed by atoms with E-state index in [1.807, 2.05) is 0 Å². The van der Waals surface area contributed by atoms with Crippen molar-refractivity contribution in [1.82, 2.24) is 0 Å². The molecule has 4 heteroatoms. The standard InChI is InChI=1S/C17H20F2O2/c1-16(2)11-4-5-17(16,3)14(8-11)21-15(20)10-6-12(18)9-13(19)7-10/h6-7,9,11,14H,4-5,8H2,1-3H3. The number of hydrogen-bond acceptors (Lipinski definition) is 2. The number of ether oxygens (including phenoxy) is 1. The largest absolute Gasteiger partial charge is 0.458 e. The first kappa shape index (κ1) is 14.5. The summed E-state index contributed by atoms with van der Waals surface area (Å²) < 4.78 is 32.0. The van der Waals surface area contributed by atoms with E-state index in [4.69, 9.17) is 4.74 Å². The Morgan fingerprint density at radius 1 is 1.19 bits per heavy atom. The Balaban J connectivity index is 1.80. The van der Waals surface area contributed by atoms with E-state index in [0.717, 1.165) is 37.5 Å². The SMILES string of the molecule is CC1(C)C2CCC1(C)C(OC(=O)c1cc(F)cc(F)c1)C2. The molecule has 2 saturated carbocycles. The predicted octanol–water partition coefficient (Wildman–Crippen LogP) is 4.34. The minimum Gasteiger partial charge on any atom is -0.458 e. The van der Waals surface area contributed by atoms with Crippen LogP contribution in [0.5, 0.6) is 0 Å². The van der Waals surface area contributed by atoms with Gasteiger partial charge in [0.25, 0.3) is 0 Å². The molecule has 0 amide bonds. The summed E-state index contributed by atoms with van der Waals surface area (Å²) in [5, 5.41) is 0. The van der Waals surface area contributed by atoms with Gasteiger partial charge in [0, 0.05) is 11.5 Å². The average molecular weight is 294 g/mol. The highest BCUT2D eigenvalue weighted by molar-refractivity contribution is 5.89. The zero-order chi connectivity index (χ0) is 15.4. The van der Waals surface area contributed by atoms with Gasteiger partial charge in [0.2, 0.25) is 0 Å². The van der Waals surface area contributed by atoms with Crippen molar-refractivity contribution < 1.29 is 18.3 Å². The molecule has 0 aromatic heterocycles. The lowest BCUT2D eigenvalue weighted by Gasteiger charge is -2.38. The Bertz CT molecular complexity index is 576. The van der Waals surface area contributed by atoms with Gasteiger partial charge in [0.05, 0.1) is 5.56 Å². The monoisotopic (exact) mass is 294 g/mol. The van der Waals surface area contributed by atoms with Crippen molar-refractivity contribution in [3.63, 3.8) is 0 Å².